The lowest BCUT2D eigenvalue weighted by Crippen LogP contribution is -2.39. The second-order valence-corrected chi connectivity index (χ2v) is 9.68. The summed E-state index contributed by atoms with van der Waals surface area (Å²) in [7, 11) is 0. The van der Waals surface area contributed by atoms with Crippen LogP contribution in [0.3, 0.4) is 0 Å². The molecule has 0 spiro atoms. The predicted octanol–water partition coefficient (Wildman–Crippen LogP) is 3.35. The number of anilines is 1. The Kier molecular flexibility index (Phi) is 6.27. The molecule has 4 heterocycles. The lowest BCUT2D eigenvalue weighted by molar-refractivity contribution is 0.0604. The Morgan fingerprint density at radius 3 is 2.91 bits per heavy atom. The van der Waals surface area contributed by atoms with E-state index in [1.165, 1.54) is 6.07 Å². The second-order valence-electron chi connectivity index (χ2n) is 9.68. The molecule has 0 saturated carbocycles. The number of aryl methyl sites for hydroxylation is 1. The standard InChI is InChI=1S/C26H31FN6O2/c1-16-13-33-24(29-25(16)31-14-18(12-28-3)23(34)15-31)11-21(30-33)22-9-4-5-10-32(22)26(35)19-7-6-8-20(27)17(19)2/h6-8,11,13,18,22-23,34H,3-5,9-10,12,14-15H2,1-2H3/t18-,22+,23+/m1/s1. The van der Waals surface area contributed by atoms with Crippen LogP contribution in [0, 0.1) is 25.6 Å². The van der Waals surface area contributed by atoms with Crippen LogP contribution < -0.4 is 4.90 Å². The molecule has 2 aromatic heterocycles. The van der Waals surface area contributed by atoms with Crippen molar-refractivity contribution in [2.75, 3.05) is 31.1 Å². The molecule has 184 valence electrons. The number of aromatic nitrogens is 3. The number of aliphatic hydroxyl groups is 1. The molecule has 0 aliphatic carbocycles. The minimum Gasteiger partial charge on any atom is -0.391 e. The number of fused-ring (bicyclic) bond motifs is 1. The summed E-state index contributed by atoms with van der Waals surface area (Å²) in [5.41, 5.74) is 3.20. The van der Waals surface area contributed by atoms with E-state index in [0.717, 1.165) is 36.3 Å². The number of likely N-dealkylation sites (tertiary alicyclic amines) is 1. The Hall–Kier alpha value is -3.33. The number of hydrogen-bond donors (Lipinski definition) is 1. The quantitative estimate of drug-likeness (QED) is 0.569. The number of hydrogen-bond acceptors (Lipinski definition) is 6. The van der Waals surface area contributed by atoms with Crippen molar-refractivity contribution in [1.82, 2.24) is 19.5 Å². The minimum atomic E-state index is -0.466. The number of halogens is 1. The van der Waals surface area contributed by atoms with Gasteiger partial charge in [-0.1, -0.05) is 6.07 Å². The number of β-amino-alcohol motifs (C(OH)–C–C–N with tert-alkyl or cyclic N) is 1. The van der Waals surface area contributed by atoms with Crippen LogP contribution >= 0.6 is 0 Å². The summed E-state index contributed by atoms with van der Waals surface area (Å²) in [6.45, 7) is 9.48. The van der Waals surface area contributed by atoms with E-state index in [0.29, 0.717) is 43.0 Å². The van der Waals surface area contributed by atoms with E-state index in [-0.39, 0.29) is 23.7 Å². The van der Waals surface area contributed by atoms with Crippen LogP contribution in [0.4, 0.5) is 10.2 Å². The first-order valence-electron chi connectivity index (χ1n) is 12.2. The molecular formula is C26H31FN6O2. The fraction of sp³-hybridized carbons (Fsp3) is 0.462. The molecule has 0 radical (unpaired) electrons. The minimum absolute atomic E-state index is 0.0403. The molecule has 1 aromatic carbocycles. The van der Waals surface area contributed by atoms with Crippen molar-refractivity contribution < 1.29 is 14.3 Å². The molecule has 3 atom stereocenters. The first-order chi connectivity index (χ1) is 16.9. The smallest absolute Gasteiger partial charge is 0.254 e. The van der Waals surface area contributed by atoms with Crippen molar-refractivity contribution in [3.8, 4) is 0 Å². The van der Waals surface area contributed by atoms with Gasteiger partial charge in [0.2, 0.25) is 0 Å². The number of carbonyl (C=O) groups is 1. The van der Waals surface area contributed by atoms with E-state index >= 15 is 0 Å². The van der Waals surface area contributed by atoms with Gasteiger partial charge >= 0.3 is 0 Å². The molecule has 2 fully saturated rings. The number of aliphatic imine (C=N–C) groups is 1. The Balaban J connectivity index is 1.45. The van der Waals surface area contributed by atoms with Gasteiger partial charge in [-0.15, -0.1) is 0 Å². The fourth-order valence-corrected chi connectivity index (χ4v) is 5.35. The Labute approximate surface area is 204 Å². The van der Waals surface area contributed by atoms with Crippen LogP contribution in [-0.4, -0.2) is 69.5 Å². The van der Waals surface area contributed by atoms with E-state index in [2.05, 4.69) is 16.6 Å². The zero-order valence-electron chi connectivity index (χ0n) is 20.2. The molecule has 35 heavy (non-hydrogen) atoms. The van der Waals surface area contributed by atoms with Crippen LogP contribution in [0.1, 0.15) is 52.5 Å². The normalized spacial score (nSPS) is 22.7. The molecule has 1 N–H and O–H groups in total. The Bertz CT molecular complexity index is 1270. The molecule has 0 unspecified atom stereocenters. The van der Waals surface area contributed by atoms with Gasteiger partial charge in [0.05, 0.1) is 17.8 Å². The molecule has 2 aliphatic rings. The molecule has 5 rings (SSSR count). The number of nitrogens with zero attached hydrogens (tertiary/aromatic N) is 6. The third-order valence-electron chi connectivity index (χ3n) is 7.30. The largest absolute Gasteiger partial charge is 0.391 e. The van der Waals surface area contributed by atoms with Crippen LogP contribution in [0.25, 0.3) is 5.65 Å². The summed E-state index contributed by atoms with van der Waals surface area (Å²) in [5, 5.41) is 15.2. The molecule has 1 amide bonds. The lowest BCUT2D eigenvalue weighted by atomic mass is 9.97. The number of amides is 1. The van der Waals surface area contributed by atoms with Gasteiger partial charge in [0, 0.05) is 55.5 Å². The van der Waals surface area contributed by atoms with Crippen LogP contribution in [-0.2, 0) is 0 Å². The summed E-state index contributed by atoms with van der Waals surface area (Å²) < 4.78 is 15.9. The van der Waals surface area contributed by atoms with E-state index in [1.54, 1.807) is 23.6 Å². The molecule has 0 bridgehead atoms. The highest BCUT2D eigenvalue weighted by Gasteiger charge is 2.34. The van der Waals surface area contributed by atoms with Crippen molar-refractivity contribution in [3.63, 3.8) is 0 Å². The van der Waals surface area contributed by atoms with Crippen LogP contribution in [0.2, 0.25) is 0 Å². The van der Waals surface area contributed by atoms with Crippen molar-refractivity contribution in [1.29, 1.82) is 0 Å². The third kappa shape index (κ3) is 4.29. The molecule has 2 saturated heterocycles. The molecule has 2 aliphatic heterocycles. The topological polar surface area (TPSA) is 86.3 Å². The van der Waals surface area contributed by atoms with Gasteiger partial charge in [-0.2, -0.15) is 5.10 Å². The summed E-state index contributed by atoms with van der Waals surface area (Å²) in [6, 6.07) is 6.39. The van der Waals surface area contributed by atoms with Crippen molar-refractivity contribution >= 4 is 24.1 Å². The summed E-state index contributed by atoms with van der Waals surface area (Å²) in [6.07, 6.45) is 4.17. The zero-order chi connectivity index (χ0) is 24.7. The van der Waals surface area contributed by atoms with Crippen molar-refractivity contribution in [2.45, 2.75) is 45.3 Å². The van der Waals surface area contributed by atoms with Gasteiger partial charge < -0.3 is 19.9 Å². The van der Waals surface area contributed by atoms with E-state index in [1.807, 2.05) is 24.1 Å². The highest BCUT2D eigenvalue weighted by molar-refractivity contribution is 5.96. The predicted molar refractivity (Wildman–Crippen MR) is 133 cm³/mol. The van der Waals surface area contributed by atoms with Gasteiger partial charge in [-0.25, -0.2) is 13.9 Å². The van der Waals surface area contributed by atoms with E-state index < -0.39 is 6.10 Å². The van der Waals surface area contributed by atoms with E-state index in [4.69, 9.17) is 10.1 Å². The van der Waals surface area contributed by atoms with Crippen molar-refractivity contribution in [2.24, 2.45) is 10.9 Å². The van der Waals surface area contributed by atoms with Gasteiger partial charge in [0.1, 0.15) is 11.6 Å². The van der Waals surface area contributed by atoms with Gasteiger partial charge in [-0.05, 0) is 57.5 Å². The Morgan fingerprint density at radius 2 is 2.11 bits per heavy atom. The SMILES string of the molecule is C=NC[C@@H]1CN(c2nc3cc([C@@H]4CCCCN4C(=O)c4cccc(F)c4C)nn3cc2C)C[C@@H]1O. The maximum absolute atomic E-state index is 14.1. The summed E-state index contributed by atoms with van der Waals surface area (Å²) in [4.78, 5) is 26.2. The Morgan fingerprint density at radius 1 is 1.29 bits per heavy atom. The number of benzene rings is 1. The van der Waals surface area contributed by atoms with Crippen LogP contribution in [0.15, 0.2) is 35.5 Å². The molecule has 3 aromatic rings. The zero-order valence-corrected chi connectivity index (χ0v) is 20.2. The highest BCUT2D eigenvalue weighted by atomic mass is 19.1. The lowest BCUT2D eigenvalue weighted by Gasteiger charge is -2.35. The average molecular weight is 479 g/mol. The van der Waals surface area contributed by atoms with Gasteiger partial charge in [0.25, 0.3) is 5.91 Å². The number of aliphatic hydroxyl groups excluding tert-OH is 1. The molecular weight excluding hydrogens is 447 g/mol. The monoisotopic (exact) mass is 478 g/mol. The summed E-state index contributed by atoms with van der Waals surface area (Å²) in [5.74, 6) is 0.323. The number of rotatable bonds is 5. The average Bonchev–Trinajstić information content (AvgIpc) is 3.43. The van der Waals surface area contributed by atoms with Crippen molar-refractivity contribution in [3.05, 3.63) is 58.7 Å². The second kappa shape index (κ2) is 9.37. The van der Waals surface area contributed by atoms with Gasteiger partial charge in [-0.3, -0.25) is 4.79 Å². The maximum Gasteiger partial charge on any atom is 0.254 e. The molecule has 9 heteroatoms. The fourth-order valence-electron chi connectivity index (χ4n) is 5.35. The maximum atomic E-state index is 14.1. The van der Waals surface area contributed by atoms with Crippen LogP contribution in [0.5, 0.6) is 0 Å². The number of piperidine rings is 1. The first-order valence-corrected chi connectivity index (χ1v) is 12.2. The summed E-state index contributed by atoms with van der Waals surface area (Å²) >= 11 is 0. The number of carbonyl (C=O) groups excluding carboxylic acids is 1. The first kappa shape index (κ1) is 23.4. The van der Waals surface area contributed by atoms with E-state index in [9.17, 15) is 14.3 Å². The van der Waals surface area contributed by atoms with Gasteiger partial charge in [0.15, 0.2) is 5.65 Å². The molecule has 8 nitrogen and oxygen atoms in total. The highest BCUT2D eigenvalue weighted by Crippen LogP contribution is 2.33. The third-order valence-corrected chi connectivity index (χ3v) is 7.30.